The molecule has 0 saturated carbocycles. The van der Waals surface area contributed by atoms with Gasteiger partial charge in [0.2, 0.25) is 0 Å². The van der Waals surface area contributed by atoms with Crippen LogP contribution >= 0.6 is 34.5 Å². The molecular formula is C18H15Cl2NO3S. The summed E-state index contributed by atoms with van der Waals surface area (Å²) in [5, 5.41) is 4.49. The summed E-state index contributed by atoms with van der Waals surface area (Å²) in [7, 11) is 3.04. The number of anilines is 1. The van der Waals surface area contributed by atoms with Gasteiger partial charge in [-0.3, -0.25) is 4.79 Å². The molecule has 0 aliphatic carbocycles. The second-order valence-corrected chi connectivity index (χ2v) is 7.17. The van der Waals surface area contributed by atoms with Crippen molar-refractivity contribution in [3.8, 4) is 11.5 Å². The van der Waals surface area contributed by atoms with Crippen molar-refractivity contribution in [3.63, 3.8) is 0 Å². The number of nitrogens with one attached hydrogen (secondary N) is 1. The summed E-state index contributed by atoms with van der Waals surface area (Å²) < 4.78 is 11.4. The van der Waals surface area contributed by atoms with Gasteiger partial charge in [0.25, 0.3) is 5.91 Å². The molecule has 0 atom stereocenters. The fraction of sp³-hybridized carbons (Fsp3) is 0.167. The van der Waals surface area contributed by atoms with Gasteiger partial charge in [0.15, 0.2) is 11.5 Å². The van der Waals surface area contributed by atoms with Gasteiger partial charge in [0.05, 0.1) is 30.0 Å². The molecular weight excluding hydrogens is 381 g/mol. The van der Waals surface area contributed by atoms with Crippen LogP contribution in [0.15, 0.2) is 30.3 Å². The van der Waals surface area contributed by atoms with E-state index in [0.717, 1.165) is 15.6 Å². The first-order valence-electron chi connectivity index (χ1n) is 7.36. The minimum Gasteiger partial charge on any atom is -0.493 e. The zero-order valence-electron chi connectivity index (χ0n) is 13.8. The summed E-state index contributed by atoms with van der Waals surface area (Å²) in [6, 6.07) is 9.06. The van der Waals surface area contributed by atoms with Gasteiger partial charge < -0.3 is 14.8 Å². The number of hydrogen-bond acceptors (Lipinski definition) is 4. The molecule has 3 aromatic rings. The highest BCUT2D eigenvalue weighted by Gasteiger charge is 2.20. The van der Waals surface area contributed by atoms with E-state index >= 15 is 0 Å². The maximum atomic E-state index is 12.7. The van der Waals surface area contributed by atoms with E-state index in [-0.39, 0.29) is 5.91 Å². The van der Waals surface area contributed by atoms with E-state index in [2.05, 4.69) is 5.32 Å². The molecule has 0 bridgehead atoms. The summed E-state index contributed by atoms with van der Waals surface area (Å²) >= 11 is 14.0. The lowest BCUT2D eigenvalue weighted by Gasteiger charge is -2.12. The third kappa shape index (κ3) is 3.27. The second kappa shape index (κ2) is 7.12. The van der Waals surface area contributed by atoms with Crippen molar-refractivity contribution in [1.82, 2.24) is 0 Å². The monoisotopic (exact) mass is 395 g/mol. The molecule has 7 heteroatoms. The maximum absolute atomic E-state index is 12.7. The predicted octanol–water partition coefficient (Wildman–Crippen LogP) is 5.79. The number of carbonyl (C=O) groups excluding carboxylic acids is 1. The number of benzene rings is 2. The van der Waals surface area contributed by atoms with Gasteiger partial charge in [0.1, 0.15) is 4.88 Å². The Morgan fingerprint density at radius 2 is 1.80 bits per heavy atom. The molecule has 4 nitrogen and oxygen atoms in total. The molecule has 0 aliphatic rings. The SMILES string of the molecule is COc1cc(Cl)c(NC(=O)c2sc3cccc(C)c3c2Cl)cc1OC. The summed E-state index contributed by atoms with van der Waals surface area (Å²) in [4.78, 5) is 13.1. The minimum absolute atomic E-state index is 0.320. The van der Waals surface area contributed by atoms with Crippen LogP contribution < -0.4 is 14.8 Å². The quantitative estimate of drug-likeness (QED) is 0.608. The highest BCUT2D eigenvalue weighted by molar-refractivity contribution is 7.21. The Balaban J connectivity index is 1.98. The molecule has 130 valence electrons. The minimum atomic E-state index is -0.320. The molecule has 0 spiro atoms. The molecule has 0 fully saturated rings. The molecule has 1 N–H and O–H groups in total. The number of ether oxygens (including phenoxy) is 2. The molecule has 3 rings (SSSR count). The van der Waals surface area contributed by atoms with Crippen molar-refractivity contribution < 1.29 is 14.3 Å². The molecule has 0 unspecified atom stereocenters. The lowest BCUT2D eigenvalue weighted by Crippen LogP contribution is -2.11. The van der Waals surface area contributed by atoms with Crippen LogP contribution in [0.3, 0.4) is 0 Å². The smallest absolute Gasteiger partial charge is 0.267 e. The van der Waals surface area contributed by atoms with Crippen molar-refractivity contribution in [2.45, 2.75) is 6.92 Å². The highest BCUT2D eigenvalue weighted by atomic mass is 35.5. The van der Waals surface area contributed by atoms with E-state index in [1.165, 1.54) is 25.6 Å². The average Bonchev–Trinajstić information content (AvgIpc) is 2.94. The molecule has 2 aromatic carbocycles. The van der Waals surface area contributed by atoms with Gasteiger partial charge in [-0.15, -0.1) is 11.3 Å². The lowest BCUT2D eigenvalue weighted by atomic mass is 10.1. The van der Waals surface area contributed by atoms with Gasteiger partial charge in [-0.1, -0.05) is 35.3 Å². The Bertz CT molecular complexity index is 969. The van der Waals surface area contributed by atoms with Crippen molar-refractivity contribution in [3.05, 3.63) is 50.8 Å². The van der Waals surface area contributed by atoms with E-state index in [4.69, 9.17) is 32.7 Å². The topological polar surface area (TPSA) is 47.6 Å². The number of aryl methyl sites for hydroxylation is 1. The maximum Gasteiger partial charge on any atom is 0.267 e. The number of amides is 1. The number of rotatable bonds is 4. The van der Waals surface area contributed by atoms with Crippen LogP contribution in [0, 0.1) is 6.92 Å². The largest absolute Gasteiger partial charge is 0.493 e. The third-order valence-electron chi connectivity index (χ3n) is 3.79. The van der Waals surface area contributed by atoms with Gasteiger partial charge in [-0.05, 0) is 18.6 Å². The predicted molar refractivity (Wildman–Crippen MR) is 104 cm³/mol. The number of halogens is 2. The second-order valence-electron chi connectivity index (χ2n) is 5.33. The Kier molecular flexibility index (Phi) is 5.08. The summed E-state index contributed by atoms with van der Waals surface area (Å²) in [6.45, 7) is 1.97. The van der Waals surface area contributed by atoms with Crippen LogP contribution in [-0.2, 0) is 0 Å². The first kappa shape index (κ1) is 17.9. The first-order chi connectivity index (χ1) is 12.0. The Morgan fingerprint density at radius 1 is 1.12 bits per heavy atom. The number of fused-ring (bicyclic) bond motifs is 1. The van der Waals surface area contributed by atoms with Gasteiger partial charge in [0, 0.05) is 22.2 Å². The lowest BCUT2D eigenvalue weighted by molar-refractivity contribution is 0.103. The molecule has 0 saturated heterocycles. The van der Waals surface area contributed by atoms with Crippen molar-refractivity contribution in [2.75, 3.05) is 19.5 Å². The van der Waals surface area contributed by atoms with E-state index in [0.29, 0.717) is 32.1 Å². The van der Waals surface area contributed by atoms with E-state index in [9.17, 15) is 4.79 Å². The van der Waals surface area contributed by atoms with E-state index in [1.807, 2.05) is 25.1 Å². The Hall–Kier alpha value is -1.95. The summed E-state index contributed by atoms with van der Waals surface area (Å²) in [6.07, 6.45) is 0. The van der Waals surface area contributed by atoms with Gasteiger partial charge >= 0.3 is 0 Å². The molecule has 0 radical (unpaired) electrons. The number of thiophene rings is 1. The summed E-state index contributed by atoms with van der Waals surface area (Å²) in [5.41, 5.74) is 1.46. The molecule has 1 amide bonds. The van der Waals surface area contributed by atoms with Crippen LogP contribution in [0.25, 0.3) is 10.1 Å². The molecule has 25 heavy (non-hydrogen) atoms. The van der Waals surface area contributed by atoms with Crippen LogP contribution in [0.1, 0.15) is 15.2 Å². The van der Waals surface area contributed by atoms with Crippen LogP contribution in [-0.4, -0.2) is 20.1 Å². The molecule has 1 aromatic heterocycles. The number of carbonyl (C=O) groups is 1. The number of hydrogen-bond donors (Lipinski definition) is 1. The standard InChI is InChI=1S/C18H15Cl2NO3S/c1-9-5-4-6-14-15(9)16(20)17(25-14)18(22)21-11-8-13(24-3)12(23-2)7-10(11)19/h4-8H,1-3H3,(H,21,22). The number of methoxy groups -OCH3 is 2. The van der Waals surface area contributed by atoms with Crippen molar-refractivity contribution in [2.24, 2.45) is 0 Å². The van der Waals surface area contributed by atoms with E-state index in [1.54, 1.807) is 12.1 Å². The van der Waals surface area contributed by atoms with Crippen LogP contribution in [0.4, 0.5) is 5.69 Å². The molecule has 1 heterocycles. The average molecular weight is 396 g/mol. The molecule has 0 aliphatic heterocycles. The zero-order valence-corrected chi connectivity index (χ0v) is 16.1. The fourth-order valence-corrected chi connectivity index (χ4v) is 4.33. The van der Waals surface area contributed by atoms with Gasteiger partial charge in [-0.2, -0.15) is 0 Å². The fourth-order valence-electron chi connectivity index (χ4n) is 2.55. The van der Waals surface area contributed by atoms with Gasteiger partial charge in [-0.25, -0.2) is 0 Å². The van der Waals surface area contributed by atoms with Crippen LogP contribution in [0.5, 0.6) is 11.5 Å². The Labute approximate surface area is 159 Å². The highest BCUT2D eigenvalue weighted by Crippen LogP contribution is 2.39. The van der Waals surface area contributed by atoms with Crippen molar-refractivity contribution in [1.29, 1.82) is 0 Å². The third-order valence-corrected chi connectivity index (χ3v) is 5.75. The zero-order chi connectivity index (χ0) is 18.1. The van der Waals surface area contributed by atoms with Crippen molar-refractivity contribution >= 4 is 56.2 Å². The first-order valence-corrected chi connectivity index (χ1v) is 8.94. The Morgan fingerprint density at radius 3 is 2.44 bits per heavy atom. The van der Waals surface area contributed by atoms with Crippen LogP contribution in [0.2, 0.25) is 10.0 Å². The van der Waals surface area contributed by atoms with E-state index < -0.39 is 0 Å². The normalized spacial score (nSPS) is 10.8. The summed E-state index contributed by atoms with van der Waals surface area (Å²) in [5.74, 6) is 0.640.